The molecule has 0 bridgehead atoms. The third-order valence-corrected chi connectivity index (χ3v) is 1.76. The molecule has 0 saturated carbocycles. The topological polar surface area (TPSA) is 23.5 Å². The molecule has 0 atom stereocenters. The second kappa shape index (κ2) is 2.87. The van der Waals surface area contributed by atoms with Gasteiger partial charge in [-0.3, -0.25) is 0 Å². The zero-order chi connectivity index (χ0) is 6.78. The molecule has 4 heteroatoms. The molecular formula is C4H9Cl2NO. The van der Waals surface area contributed by atoms with E-state index in [0.29, 0.717) is 0 Å². The Labute approximate surface area is 59.2 Å². The minimum Gasteiger partial charge on any atom is -0.394 e. The van der Waals surface area contributed by atoms with Crippen molar-refractivity contribution in [2.24, 2.45) is 0 Å². The molecule has 0 radical (unpaired) electrons. The molecule has 0 aromatic carbocycles. The van der Waals surface area contributed by atoms with Gasteiger partial charge < -0.3 is 5.11 Å². The highest BCUT2D eigenvalue weighted by Crippen LogP contribution is 2.17. The number of aliphatic hydroxyl groups excluding tert-OH is 1. The van der Waals surface area contributed by atoms with Crippen molar-refractivity contribution in [1.82, 2.24) is 3.94 Å². The van der Waals surface area contributed by atoms with Crippen LogP contribution >= 0.6 is 23.6 Å². The maximum atomic E-state index is 8.55. The minimum atomic E-state index is -0.539. The van der Waals surface area contributed by atoms with Gasteiger partial charge in [-0.2, -0.15) is 0 Å². The Hall–Kier alpha value is 0.500. The minimum absolute atomic E-state index is 0.0556. The molecule has 8 heavy (non-hydrogen) atoms. The molecule has 0 aliphatic carbocycles. The van der Waals surface area contributed by atoms with Gasteiger partial charge in [0.1, 0.15) is 0 Å². The van der Waals surface area contributed by atoms with Crippen LogP contribution in [0.1, 0.15) is 13.8 Å². The Morgan fingerprint density at radius 2 is 1.88 bits per heavy atom. The summed E-state index contributed by atoms with van der Waals surface area (Å²) < 4.78 is 0.938. The molecule has 0 aliphatic rings. The van der Waals surface area contributed by atoms with E-state index in [4.69, 9.17) is 28.7 Å². The highest BCUT2D eigenvalue weighted by Gasteiger charge is 2.22. The highest BCUT2D eigenvalue weighted by molar-refractivity contribution is 6.34. The van der Waals surface area contributed by atoms with Gasteiger partial charge in [-0.15, -0.1) is 3.94 Å². The number of halogens is 2. The Morgan fingerprint density at radius 1 is 1.50 bits per heavy atom. The Morgan fingerprint density at radius 3 is 1.88 bits per heavy atom. The molecule has 0 aromatic heterocycles. The third-order valence-electron chi connectivity index (χ3n) is 0.845. The molecule has 0 aromatic rings. The lowest BCUT2D eigenvalue weighted by atomic mass is 10.1. The van der Waals surface area contributed by atoms with Crippen LogP contribution in [-0.4, -0.2) is 21.2 Å². The zero-order valence-corrected chi connectivity index (χ0v) is 6.37. The second-order valence-corrected chi connectivity index (χ2v) is 3.05. The molecule has 50 valence electrons. The van der Waals surface area contributed by atoms with Crippen LogP contribution in [0.15, 0.2) is 0 Å². The fourth-order valence-corrected chi connectivity index (χ4v) is 0.160. The van der Waals surface area contributed by atoms with E-state index in [1.165, 1.54) is 0 Å². The van der Waals surface area contributed by atoms with Crippen LogP contribution in [0.3, 0.4) is 0 Å². The molecule has 0 saturated heterocycles. The summed E-state index contributed by atoms with van der Waals surface area (Å²) in [4.78, 5) is 0. The van der Waals surface area contributed by atoms with E-state index in [1.54, 1.807) is 13.8 Å². The van der Waals surface area contributed by atoms with Crippen molar-refractivity contribution >= 4 is 23.6 Å². The lowest BCUT2D eigenvalue weighted by Gasteiger charge is -2.23. The molecule has 0 amide bonds. The number of aliphatic hydroxyl groups is 1. The number of rotatable bonds is 2. The molecule has 0 rings (SSSR count). The molecule has 0 spiro atoms. The standard InChI is InChI=1S/C4H9Cl2NO/c1-4(2,3-8)7(5)6/h8H,3H2,1-2H3. The van der Waals surface area contributed by atoms with E-state index in [9.17, 15) is 0 Å². The Balaban J connectivity index is 3.71. The van der Waals surface area contributed by atoms with Crippen LogP contribution < -0.4 is 0 Å². The van der Waals surface area contributed by atoms with Crippen LogP contribution in [0, 0.1) is 0 Å². The van der Waals surface area contributed by atoms with Gasteiger partial charge in [-0.1, -0.05) is 0 Å². The smallest absolute Gasteiger partial charge is 0.0700 e. The molecule has 0 fully saturated rings. The van der Waals surface area contributed by atoms with Crippen LogP contribution in [0.25, 0.3) is 0 Å². The summed E-state index contributed by atoms with van der Waals surface area (Å²) in [6.45, 7) is 3.40. The van der Waals surface area contributed by atoms with Gasteiger partial charge in [-0.05, 0) is 37.4 Å². The van der Waals surface area contributed by atoms with E-state index in [0.717, 1.165) is 3.94 Å². The monoisotopic (exact) mass is 157 g/mol. The van der Waals surface area contributed by atoms with Gasteiger partial charge in [0.15, 0.2) is 0 Å². The second-order valence-electron chi connectivity index (χ2n) is 2.20. The molecule has 0 heterocycles. The average Bonchev–Trinajstić information content (AvgIpc) is 1.67. The first-order valence-corrected chi connectivity index (χ1v) is 2.91. The van der Waals surface area contributed by atoms with Crippen molar-refractivity contribution < 1.29 is 5.11 Å². The first-order valence-electron chi connectivity index (χ1n) is 2.23. The SMILES string of the molecule is CC(C)(CO)N(Cl)Cl. The lowest BCUT2D eigenvalue weighted by molar-refractivity contribution is 0.170. The van der Waals surface area contributed by atoms with E-state index in [1.807, 2.05) is 0 Å². The van der Waals surface area contributed by atoms with Crippen LogP contribution in [0.5, 0.6) is 0 Å². The van der Waals surface area contributed by atoms with Crippen LogP contribution in [-0.2, 0) is 0 Å². The summed E-state index contributed by atoms with van der Waals surface area (Å²) in [5, 5.41) is 8.55. The van der Waals surface area contributed by atoms with Crippen molar-refractivity contribution in [2.75, 3.05) is 6.61 Å². The molecule has 1 N–H and O–H groups in total. The van der Waals surface area contributed by atoms with Gasteiger partial charge in [0.05, 0.1) is 12.1 Å². The van der Waals surface area contributed by atoms with Crippen molar-refractivity contribution in [2.45, 2.75) is 19.4 Å². The fraction of sp³-hybridized carbons (Fsp3) is 1.00. The van der Waals surface area contributed by atoms with E-state index in [2.05, 4.69) is 0 Å². The van der Waals surface area contributed by atoms with Gasteiger partial charge in [-0.25, -0.2) is 0 Å². The van der Waals surface area contributed by atoms with Crippen molar-refractivity contribution in [1.29, 1.82) is 0 Å². The predicted molar refractivity (Wildman–Crippen MR) is 34.7 cm³/mol. The summed E-state index contributed by atoms with van der Waals surface area (Å²) in [5.41, 5.74) is -0.539. The molecule has 0 aliphatic heterocycles. The average molecular weight is 158 g/mol. The van der Waals surface area contributed by atoms with Gasteiger partial charge >= 0.3 is 0 Å². The summed E-state index contributed by atoms with van der Waals surface area (Å²) >= 11 is 10.6. The van der Waals surface area contributed by atoms with Crippen molar-refractivity contribution in [3.05, 3.63) is 0 Å². The number of hydrogen-bond donors (Lipinski definition) is 1. The normalized spacial score (nSPS) is 12.8. The van der Waals surface area contributed by atoms with E-state index >= 15 is 0 Å². The lowest BCUT2D eigenvalue weighted by Crippen LogP contribution is -2.34. The van der Waals surface area contributed by atoms with Gasteiger partial charge in [0.2, 0.25) is 0 Å². The van der Waals surface area contributed by atoms with Crippen LogP contribution in [0.4, 0.5) is 0 Å². The summed E-state index contributed by atoms with van der Waals surface area (Å²) in [6, 6.07) is 0. The Kier molecular flexibility index (Phi) is 3.05. The quantitative estimate of drug-likeness (QED) is 0.613. The zero-order valence-electron chi connectivity index (χ0n) is 4.86. The third kappa shape index (κ3) is 2.18. The predicted octanol–water partition coefficient (Wildman–Crippen LogP) is 1.37. The largest absolute Gasteiger partial charge is 0.394 e. The Bertz CT molecular complexity index is 74.4. The van der Waals surface area contributed by atoms with Crippen LogP contribution in [0.2, 0.25) is 0 Å². The summed E-state index contributed by atoms with van der Waals surface area (Å²) in [6.07, 6.45) is 0. The number of hydrogen-bond acceptors (Lipinski definition) is 2. The van der Waals surface area contributed by atoms with Crippen molar-refractivity contribution in [3.8, 4) is 0 Å². The maximum absolute atomic E-state index is 8.55. The summed E-state index contributed by atoms with van der Waals surface area (Å²) in [5.74, 6) is 0. The van der Waals surface area contributed by atoms with Gasteiger partial charge in [0, 0.05) is 0 Å². The highest BCUT2D eigenvalue weighted by atomic mass is 35.5. The van der Waals surface area contributed by atoms with Crippen molar-refractivity contribution in [3.63, 3.8) is 0 Å². The first-order chi connectivity index (χ1) is 3.50. The summed E-state index contributed by atoms with van der Waals surface area (Å²) in [7, 11) is 0. The number of nitrogens with zero attached hydrogens (tertiary/aromatic N) is 1. The molecule has 2 nitrogen and oxygen atoms in total. The first kappa shape index (κ1) is 8.50. The van der Waals surface area contributed by atoms with E-state index in [-0.39, 0.29) is 6.61 Å². The molecular weight excluding hydrogens is 149 g/mol. The maximum Gasteiger partial charge on any atom is 0.0700 e. The molecule has 0 unspecified atom stereocenters. The van der Waals surface area contributed by atoms with E-state index < -0.39 is 5.54 Å². The van der Waals surface area contributed by atoms with Gasteiger partial charge in [0.25, 0.3) is 0 Å². The fourth-order valence-electron chi connectivity index (χ4n) is 0.0535.